The number of anilines is 2. The van der Waals surface area contributed by atoms with Crippen molar-refractivity contribution in [1.29, 1.82) is 0 Å². The van der Waals surface area contributed by atoms with Gasteiger partial charge in [-0.1, -0.05) is 96.1 Å². The van der Waals surface area contributed by atoms with Gasteiger partial charge in [-0.2, -0.15) is 0 Å². The SMILES string of the molecule is Cc1ccc(N2CN(c3ccc(C)cc3C)C(c3ccccc3)C2c2ccccc2)c(C)c1. The van der Waals surface area contributed by atoms with Crippen LogP contribution < -0.4 is 9.80 Å². The molecule has 0 saturated carbocycles. The summed E-state index contributed by atoms with van der Waals surface area (Å²) >= 11 is 0. The van der Waals surface area contributed by atoms with Gasteiger partial charge in [-0.05, 0) is 62.1 Å². The molecule has 0 bridgehead atoms. The zero-order valence-corrected chi connectivity index (χ0v) is 20.0. The van der Waals surface area contributed by atoms with Gasteiger partial charge in [0, 0.05) is 11.4 Å². The van der Waals surface area contributed by atoms with E-state index in [0.717, 1.165) is 6.67 Å². The Bertz CT molecular complexity index is 1150. The van der Waals surface area contributed by atoms with E-state index < -0.39 is 0 Å². The number of nitrogens with zero attached hydrogens (tertiary/aromatic N) is 2. The Labute approximate surface area is 198 Å². The first-order chi connectivity index (χ1) is 16.0. The normalized spacial score (nSPS) is 18.1. The maximum atomic E-state index is 2.60. The molecule has 1 heterocycles. The molecule has 2 nitrogen and oxygen atoms in total. The van der Waals surface area contributed by atoms with E-state index in [1.54, 1.807) is 0 Å². The van der Waals surface area contributed by atoms with Crippen LogP contribution in [0, 0.1) is 27.7 Å². The molecule has 33 heavy (non-hydrogen) atoms. The van der Waals surface area contributed by atoms with Crippen LogP contribution in [0.15, 0.2) is 97.1 Å². The fraction of sp³-hybridized carbons (Fsp3) is 0.226. The molecule has 0 amide bonds. The predicted molar refractivity (Wildman–Crippen MR) is 140 cm³/mol. The van der Waals surface area contributed by atoms with Gasteiger partial charge in [-0.25, -0.2) is 0 Å². The number of aryl methyl sites for hydroxylation is 4. The third-order valence-electron chi connectivity index (χ3n) is 6.88. The average Bonchev–Trinajstić information content (AvgIpc) is 3.20. The molecule has 2 atom stereocenters. The molecule has 0 aromatic heterocycles. The van der Waals surface area contributed by atoms with E-state index in [1.165, 1.54) is 44.8 Å². The van der Waals surface area contributed by atoms with E-state index in [1.807, 2.05) is 0 Å². The molecule has 2 unspecified atom stereocenters. The van der Waals surface area contributed by atoms with Crippen LogP contribution in [0.4, 0.5) is 11.4 Å². The molecule has 0 spiro atoms. The third kappa shape index (κ3) is 4.02. The van der Waals surface area contributed by atoms with Crippen LogP contribution in [0.2, 0.25) is 0 Å². The van der Waals surface area contributed by atoms with Crippen molar-refractivity contribution in [2.45, 2.75) is 39.8 Å². The van der Waals surface area contributed by atoms with E-state index in [4.69, 9.17) is 0 Å². The smallest absolute Gasteiger partial charge is 0.0917 e. The van der Waals surface area contributed by atoms with Crippen molar-refractivity contribution >= 4 is 11.4 Å². The highest BCUT2D eigenvalue weighted by molar-refractivity contribution is 5.65. The van der Waals surface area contributed by atoms with E-state index in [2.05, 4.69) is 135 Å². The van der Waals surface area contributed by atoms with Gasteiger partial charge < -0.3 is 9.80 Å². The van der Waals surface area contributed by atoms with Crippen molar-refractivity contribution in [3.8, 4) is 0 Å². The molecule has 4 aromatic rings. The van der Waals surface area contributed by atoms with E-state index in [-0.39, 0.29) is 12.1 Å². The van der Waals surface area contributed by atoms with Crippen molar-refractivity contribution in [3.05, 3.63) is 130 Å². The highest BCUT2D eigenvalue weighted by atomic mass is 15.4. The maximum Gasteiger partial charge on any atom is 0.0917 e. The molecule has 0 aliphatic carbocycles. The zero-order chi connectivity index (χ0) is 22.9. The lowest BCUT2D eigenvalue weighted by Gasteiger charge is -2.31. The number of hydrogen-bond acceptors (Lipinski definition) is 2. The minimum atomic E-state index is 0.204. The van der Waals surface area contributed by atoms with Gasteiger partial charge in [0.15, 0.2) is 0 Å². The third-order valence-corrected chi connectivity index (χ3v) is 6.88. The zero-order valence-electron chi connectivity index (χ0n) is 20.0. The Morgan fingerprint density at radius 1 is 0.515 bits per heavy atom. The number of benzene rings is 4. The van der Waals surface area contributed by atoms with E-state index in [0.29, 0.717) is 0 Å². The Morgan fingerprint density at radius 3 is 1.27 bits per heavy atom. The van der Waals surface area contributed by atoms with Crippen molar-refractivity contribution in [3.63, 3.8) is 0 Å². The summed E-state index contributed by atoms with van der Waals surface area (Å²) in [5.74, 6) is 0. The fourth-order valence-electron chi connectivity index (χ4n) is 5.41. The van der Waals surface area contributed by atoms with Gasteiger partial charge in [-0.15, -0.1) is 0 Å². The van der Waals surface area contributed by atoms with Crippen LogP contribution in [-0.4, -0.2) is 6.67 Å². The van der Waals surface area contributed by atoms with Crippen LogP contribution in [0.5, 0.6) is 0 Å². The van der Waals surface area contributed by atoms with Crippen molar-refractivity contribution in [2.75, 3.05) is 16.5 Å². The van der Waals surface area contributed by atoms with Crippen LogP contribution in [-0.2, 0) is 0 Å². The van der Waals surface area contributed by atoms with Gasteiger partial charge in [0.05, 0.1) is 18.8 Å². The van der Waals surface area contributed by atoms with Gasteiger partial charge >= 0.3 is 0 Å². The molecular formula is C31H32N2. The second kappa shape index (κ2) is 8.78. The Balaban J connectivity index is 1.72. The maximum absolute atomic E-state index is 2.60. The minimum Gasteiger partial charge on any atom is -0.344 e. The van der Waals surface area contributed by atoms with Crippen molar-refractivity contribution < 1.29 is 0 Å². The lowest BCUT2D eigenvalue weighted by atomic mass is 9.92. The molecule has 1 fully saturated rings. The molecule has 166 valence electrons. The Hall–Kier alpha value is -3.52. The first kappa shape index (κ1) is 21.3. The molecule has 0 N–H and O–H groups in total. The largest absolute Gasteiger partial charge is 0.344 e. The lowest BCUT2D eigenvalue weighted by Crippen LogP contribution is -2.27. The monoisotopic (exact) mass is 432 g/mol. The van der Waals surface area contributed by atoms with Crippen molar-refractivity contribution in [2.24, 2.45) is 0 Å². The van der Waals surface area contributed by atoms with E-state index >= 15 is 0 Å². The molecule has 4 aromatic carbocycles. The van der Waals surface area contributed by atoms with Gasteiger partial charge in [0.2, 0.25) is 0 Å². The summed E-state index contributed by atoms with van der Waals surface area (Å²) in [4.78, 5) is 5.20. The lowest BCUT2D eigenvalue weighted by molar-refractivity contribution is 0.617. The highest BCUT2D eigenvalue weighted by Gasteiger charge is 2.42. The summed E-state index contributed by atoms with van der Waals surface area (Å²) in [6, 6.07) is 36.1. The second-order valence-corrected chi connectivity index (χ2v) is 9.37. The van der Waals surface area contributed by atoms with Crippen LogP contribution in [0.3, 0.4) is 0 Å². The average molecular weight is 433 g/mol. The van der Waals surface area contributed by atoms with Crippen LogP contribution in [0.25, 0.3) is 0 Å². The number of rotatable bonds is 4. The molecule has 1 saturated heterocycles. The summed E-state index contributed by atoms with van der Waals surface area (Å²) in [5, 5.41) is 0. The first-order valence-corrected chi connectivity index (χ1v) is 11.8. The first-order valence-electron chi connectivity index (χ1n) is 11.8. The molecular weight excluding hydrogens is 400 g/mol. The molecule has 2 heteroatoms. The molecule has 1 aliphatic heterocycles. The highest BCUT2D eigenvalue weighted by Crippen LogP contribution is 2.49. The molecule has 0 radical (unpaired) electrons. The summed E-state index contributed by atoms with van der Waals surface area (Å²) in [6.45, 7) is 9.66. The van der Waals surface area contributed by atoms with E-state index in [9.17, 15) is 0 Å². The van der Waals surface area contributed by atoms with Gasteiger partial charge in [0.1, 0.15) is 0 Å². The predicted octanol–water partition coefficient (Wildman–Crippen LogP) is 7.69. The summed E-state index contributed by atoms with van der Waals surface area (Å²) < 4.78 is 0. The van der Waals surface area contributed by atoms with Crippen LogP contribution in [0.1, 0.15) is 45.5 Å². The summed E-state index contributed by atoms with van der Waals surface area (Å²) in [7, 11) is 0. The van der Waals surface area contributed by atoms with Crippen LogP contribution >= 0.6 is 0 Å². The quantitative estimate of drug-likeness (QED) is 0.326. The second-order valence-electron chi connectivity index (χ2n) is 9.37. The fourth-order valence-corrected chi connectivity index (χ4v) is 5.41. The number of hydrogen-bond donors (Lipinski definition) is 0. The standard InChI is InChI=1S/C31H32N2/c1-22-15-17-28(24(3)19-22)32-21-33(29-18-16-23(2)20-25(29)4)31(27-13-9-6-10-14-27)30(32)26-11-7-5-8-12-26/h5-20,30-31H,21H2,1-4H3. The summed E-state index contributed by atoms with van der Waals surface area (Å²) in [5.41, 5.74) is 10.6. The Kier molecular flexibility index (Phi) is 5.68. The molecule has 1 aliphatic rings. The topological polar surface area (TPSA) is 6.48 Å². The van der Waals surface area contributed by atoms with Gasteiger partial charge in [-0.3, -0.25) is 0 Å². The Morgan fingerprint density at radius 2 is 0.909 bits per heavy atom. The van der Waals surface area contributed by atoms with Gasteiger partial charge in [0.25, 0.3) is 0 Å². The summed E-state index contributed by atoms with van der Waals surface area (Å²) in [6.07, 6.45) is 0. The molecule has 5 rings (SSSR count). The van der Waals surface area contributed by atoms with Crippen molar-refractivity contribution in [1.82, 2.24) is 0 Å². The minimum absolute atomic E-state index is 0.204.